The molecule has 6 rings (SSSR count). The minimum atomic E-state index is -0.398. The quantitative estimate of drug-likeness (QED) is 0.190. The van der Waals surface area contributed by atoms with Crippen LogP contribution >= 0.6 is 11.3 Å². The van der Waals surface area contributed by atoms with Crippen LogP contribution < -0.4 is 4.74 Å². The van der Waals surface area contributed by atoms with Gasteiger partial charge in [-0.05, 0) is 60.1 Å². The molecule has 6 nitrogen and oxygen atoms in total. The van der Waals surface area contributed by atoms with Crippen molar-refractivity contribution in [1.29, 1.82) is 0 Å². The van der Waals surface area contributed by atoms with E-state index in [0.29, 0.717) is 23.7 Å². The highest BCUT2D eigenvalue weighted by Crippen LogP contribution is 2.39. The normalized spacial score (nSPS) is 16.3. The number of hydrogen-bond donors (Lipinski definition) is 0. The van der Waals surface area contributed by atoms with Crippen LogP contribution in [0.4, 0.5) is 0 Å². The Kier molecular flexibility index (Phi) is 7.99. The van der Waals surface area contributed by atoms with Crippen molar-refractivity contribution < 1.29 is 19.2 Å². The standard InChI is InChI=1S/C34H34N2O4S/c1-22(2)23-12-14-24(15-13-23)30-21-41-31(35-30)20-39-27-18-16-26(17-19-27)32(25-8-4-3-5-9-25)40-36-33(37)28-10-6-7-11-29(28)34(36)38/h6-7,10-19,21-22,25,32H,3-5,8-9,20H2,1-2H3. The topological polar surface area (TPSA) is 68.7 Å². The summed E-state index contributed by atoms with van der Waals surface area (Å²) in [7, 11) is 0. The molecule has 3 aromatic carbocycles. The largest absolute Gasteiger partial charge is 0.486 e. The average molecular weight is 567 g/mol. The van der Waals surface area contributed by atoms with Gasteiger partial charge in [0, 0.05) is 10.9 Å². The second kappa shape index (κ2) is 12.0. The molecule has 1 saturated carbocycles. The first-order valence-corrected chi connectivity index (χ1v) is 15.3. The first-order chi connectivity index (χ1) is 20.0. The zero-order valence-corrected chi connectivity index (χ0v) is 24.2. The van der Waals surface area contributed by atoms with E-state index in [1.165, 1.54) is 12.0 Å². The molecule has 0 saturated heterocycles. The Morgan fingerprint density at radius 3 is 2.12 bits per heavy atom. The van der Waals surface area contributed by atoms with E-state index < -0.39 is 17.9 Å². The van der Waals surface area contributed by atoms with Gasteiger partial charge in [-0.3, -0.25) is 14.4 Å². The van der Waals surface area contributed by atoms with Crippen LogP contribution in [0, 0.1) is 5.92 Å². The molecule has 1 aliphatic heterocycles. The van der Waals surface area contributed by atoms with Crippen molar-refractivity contribution in [2.45, 2.75) is 64.6 Å². The van der Waals surface area contributed by atoms with E-state index >= 15 is 0 Å². The Labute approximate surface area is 244 Å². The monoisotopic (exact) mass is 566 g/mol. The molecule has 0 spiro atoms. The molecular formula is C34H34N2O4S. The van der Waals surface area contributed by atoms with Crippen LogP contribution in [0.3, 0.4) is 0 Å². The minimum absolute atomic E-state index is 0.225. The summed E-state index contributed by atoms with van der Waals surface area (Å²) in [4.78, 5) is 37.1. The van der Waals surface area contributed by atoms with Crippen LogP contribution in [0.1, 0.15) is 94.8 Å². The number of benzene rings is 3. The lowest BCUT2D eigenvalue weighted by Gasteiger charge is -2.32. The zero-order chi connectivity index (χ0) is 28.3. The third-order valence-corrected chi connectivity index (χ3v) is 8.87. The predicted molar refractivity (Wildman–Crippen MR) is 160 cm³/mol. The highest BCUT2D eigenvalue weighted by molar-refractivity contribution is 7.09. The van der Waals surface area contributed by atoms with E-state index in [1.54, 1.807) is 35.6 Å². The molecule has 0 N–H and O–H groups in total. The van der Waals surface area contributed by atoms with Crippen molar-refractivity contribution in [2.75, 3.05) is 0 Å². The van der Waals surface area contributed by atoms with E-state index in [1.807, 2.05) is 24.3 Å². The second-order valence-corrected chi connectivity index (χ2v) is 12.1. The lowest BCUT2D eigenvalue weighted by molar-refractivity contribution is -0.156. The van der Waals surface area contributed by atoms with Crippen molar-refractivity contribution in [3.05, 3.63) is 105 Å². The summed E-state index contributed by atoms with van der Waals surface area (Å²) in [6, 6.07) is 23.3. The fourth-order valence-electron chi connectivity index (χ4n) is 5.68. The number of carbonyl (C=O) groups excluding carboxylic acids is 2. The number of carbonyl (C=O) groups is 2. The third-order valence-electron chi connectivity index (χ3n) is 8.05. The van der Waals surface area contributed by atoms with Gasteiger partial charge in [0.15, 0.2) is 0 Å². The number of aromatic nitrogens is 1. The zero-order valence-electron chi connectivity index (χ0n) is 23.4. The van der Waals surface area contributed by atoms with E-state index in [4.69, 9.17) is 14.6 Å². The molecule has 41 heavy (non-hydrogen) atoms. The number of hydroxylamine groups is 2. The Morgan fingerprint density at radius 1 is 0.854 bits per heavy atom. The van der Waals surface area contributed by atoms with Gasteiger partial charge in [0.2, 0.25) is 0 Å². The lowest BCUT2D eigenvalue weighted by Crippen LogP contribution is -2.34. The summed E-state index contributed by atoms with van der Waals surface area (Å²) in [5.41, 5.74) is 5.09. The van der Waals surface area contributed by atoms with Crippen LogP contribution in [-0.4, -0.2) is 21.9 Å². The van der Waals surface area contributed by atoms with E-state index in [9.17, 15) is 9.59 Å². The van der Waals surface area contributed by atoms with E-state index in [-0.39, 0.29) is 5.92 Å². The molecule has 1 atom stereocenters. The minimum Gasteiger partial charge on any atom is -0.486 e. The smallest absolute Gasteiger partial charge is 0.285 e. The molecule has 1 aliphatic carbocycles. The maximum absolute atomic E-state index is 13.0. The molecule has 2 heterocycles. The molecule has 0 radical (unpaired) electrons. The van der Waals surface area contributed by atoms with Crippen LogP contribution in [0.25, 0.3) is 11.3 Å². The van der Waals surface area contributed by atoms with Crippen LogP contribution in [-0.2, 0) is 11.4 Å². The van der Waals surface area contributed by atoms with Gasteiger partial charge >= 0.3 is 0 Å². The van der Waals surface area contributed by atoms with Crippen molar-refractivity contribution in [2.24, 2.45) is 5.92 Å². The number of imide groups is 1. The number of rotatable bonds is 9. The first-order valence-electron chi connectivity index (χ1n) is 14.4. The molecule has 210 valence electrons. The molecule has 4 aromatic rings. The number of nitrogens with zero attached hydrogens (tertiary/aromatic N) is 2. The fraction of sp³-hybridized carbons (Fsp3) is 0.324. The van der Waals surface area contributed by atoms with Gasteiger partial charge in [-0.25, -0.2) is 4.98 Å². The second-order valence-electron chi connectivity index (χ2n) is 11.1. The SMILES string of the molecule is CC(C)c1ccc(-c2csc(COc3ccc(C(ON4C(=O)c5ccccc5C4=O)C4CCCCC4)cc3)n2)cc1. The summed E-state index contributed by atoms with van der Waals surface area (Å²) in [6.45, 7) is 4.76. The van der Waals surface area contributed by atoms with Gasteiger partial charge in [0.05, 0.1) is 16.8 Å². The molecule has 0 bridgehead atoms. The summed E-state index contributed by atoms with van der Waals surface area (Å²) >= 11 is 1.59. The summed E-state index contributed by atoms with van der Waals surface area (Å²) in [5.74, 6) is 0.662. The Bertz CT molecular complexity index is 1490. The number of thiazole rings is 1. The summed E-state index contributed by atoms with van der Waals surface area (Å²) in [5, 5.41) is 3.94. The van der Waals surface area contributed by atoms with Crippen molar-refractivity contribution >= 4 is 23.2 Å². The number of hydrogen-bond acceptors (Lipinski definition) is 6. The number of fused-ring (bicyclic) bond motifs is 1. The maximum Gasteiger partial charge on any atom is 0.285 e. The molecular weight excluding hydrogens is 532 g/mol. The van der Waals surface area contributed by atoms with Gasteiger partial charge in [-0.15, -0.1) is 16.4 Å². The molecule has 7 heteroatoms. The van der Waals surface area contributed by atoms with Crippen molar-refractivity contribution in [3.63, 3.8) is 0 Å². The highest BCUT2D eigenvalue weighted by atomic mass is 32.1. The van der Waals surface area contributed by atoms with Crippen LogP contribution in [0.2, 0.25) is 0 Å². The fourth-order valence-corrected chi connectivity index (χ4v) is 6.39. The summed E-state index contributed by atoms with van der Waals surface area (Å²) in [6.07, 6.45) is 5.04. The lowest BCUT2D eigenvalue weighted by atomic mass is 9.82. The van der Waals surface area contributed by atoms with Gasteiger partial charge < -0.3 is 4.74 Å². The van der Waals surface area contributed by atoms with Crippen LogP contribution in [0.5, 0.6) is 5.75 Å². The first kappa shape index (κ1) is 27.4. The van der Waals surface area contributed by atoms with E-state index in [0.717, 1.165) is 58.3 Å². The van der Waals surface area contributed by atoms with Crippen molar-refractivity contribution in [1.82, 2.24) is 10.0 Å². The molecule has 2 amide bonds. The predicted octanol–water partition coefficient (Wildman–Crippen LogP) is 8.36. The molecule has 1 aromatic heterocycles. The average Bonchev–Trinajstić information content (AvgIpc) is 3.58. The Morgan fingerprint density at radius 2 is 1.49 bits per heavy atom. The molecule has 1 fully saturated rings. The van der Waals surface area contributed by atoms with Gasteiger partial charge in [0.25, 0.3) is 11.8 Å². The van der Waals surface area contributed by atoms with Gasteiger partial charge in [0.1, 0.15) is 23.5 Å². The Hall–Kier alpha value is -3.81. The Balaban J connectivity index is 1.13. The molecule has 1 unspecified atom stereocenters. The van der Waals surface area contributed by atoms with E-state index in [2.05, 4.69) is 43.5 Å². The number of ether oxygens (including phenoxy) is 1. The van der Waals surface area contributed by atoms with Crippen LogP contribution in [0.15, 0.2) is 78.2 Å². The van der Waals surface area contributed by atoms with Crippen molar-refractivity contribution in [3.8, 4) is 17.0 Å². The third kappa shape index (κ3) is 5.83. The van der Waals surface area contributed by atoms with Gasteiger partial charge in [-0.1, -0.05) is 81.6 Å². The number of amides is 2. The van der Waals surface area contributed by atoms with Gasteiger partial charge in [-0.2, -0.15) is 0 Å². The molecule has 2 aliphatic rings. The highest BCUT2D eigenvalue weighted by Gasteiger charge is 2.40. The maximum atomic E-state index is 13.0. The summed E-state index contributed by atoms with van der Waals surface area (Å²) < 4.78 is 6.07.